The first-order chi connectivity index (χ1) is 11.8. The highest BCUT2D eigenvalue weighted by Crippen LogP contribution is 2.26. The van der Waals surface area contributed by atoms with Crippen molar-refractivity contribution in [1.82, 2.24) is 4.98 Å². The molecule has 0 bridgehead atoms. The van der Waals surface area contributed by atoms with Gasteiger partial charge in [-0.2, -0.15) is 5.10 Å². The Morgan fingerprint density at radius 3 is 2.54 bits per heavy atom. The van der Waals surface area contributed by atoms with Crippen molar-refractivity contribution in [3.63, 3.8) is 0 Å². The number of ether oxygens (including phenoxy) is 1. The quantitative estimate of drug-likeness (QED) is 0.518. The number of thiazole rings is 1. The Morgan fingerprint density at radius 1 is 1.12 bits per heavy atom. The molecular weight excluding hydrogens is 318 g/mol. The van der Waals surface area contributed by atoms with Crippen LogP contribution in [0.1, 0.15) is 18.1 Å². The van der Waals surface area contributed by atoms with Crippen molar-refractivity contribution in [2.24, 2.45) is 5.10 Å². The van der Waals surface area contributed by atoms with Gasteiger partial charge in [-0.15, -0.1) is 11.3 Å². The molecule has 0 saturated heterocycles. The minimum Gasteiger partial charge on any atom is -0.497 e. The van der Waals surface area contributed by atoms with Gasteiger partial charge in [-0.05, 0) is 41.8 Å². The normalized spacial score (nSPS) is 10.9. The molecule has 0 radical (unpaired) electrons. The predicted octanol–water partition coefficient (Wildman–Crippen LogP) is 4.83. The molecule has 0 amide bonds. The summed E-state index contributed by atoms with van der Waals surface area (Å²) in [5, 5.41) is 7.03. The second-order valence-electron chi connectivity index (χ2n) is 5.23. The van der Waals surface area contributed by atoms with E-state index < -0.39 is 0 Å². The summed E-state index contributed by atoms with van der Waals surface area (Å²) in [5.74, 6) is 0.839. The van der Waals surface area contributed by atoms with E-state index in [1.54, 1.807) is 13.3 Å². The van der Waals surface area contributed by atoms with E-state index in [9.17, 15) is 0 Å². The molecule has 1 heterocycles. The van der Waals surface area contributed by atoms with Crippen LogP contribution >= 0.6 is 11.3 Å². The van der Waals surface area contributed by atoms with Crippen molar-refractivity contribution >= 4 is 22.7 Å². The lowest BCUT2D eigenvalue weighted by Gasteiger charge is -2.00. The Labute approximate surface area is 145 Å². The van der Waals surface area contributed by atoms with Crippen LogP contribution in [0.5, 0.6) is 5.75 Å². The molecule has 122 valence electrons. The number of aryl methyl sites for hydroxylation is 1. The first kappa shape index (κ1) is 16.2. The predicted molar refractivity (Wildman–Crippen MR) is 101 cm³/mol. The van der Waals surface area contributed by atoms with Crippen LogP contribution in [0.15, 0.2) is 59.0 Å². The second kappa shape index (κ2) is 7.75. The van der Waals surface area contributed by atoms with Crippen molar-refractivity contribution in [3.8, 4) is 17.0 Å². The van der Waals surface area contributed by atoms with E-state index in [0.717, 1.165) is 34.1 Å². The van der Waals surface area contributed by atoms with Crippen molar-refractivity contribution in [3.05, 3.63) is 65.0 Å². The molecule has 3 aromatic rings. The molecule has 0 spiro atoms. The maximum Gasteiger partial charge on any atom is 0.203 e. The van der Waals surface area contributed by atoms with E-state index in [4.69, 9.17) is 4.74 Å². The standard InChI is InChI=1S/C19H19N3OS/c1-3-14-4-6-15(7-5-14)12-20-22-19-21-18(13-24-19)16-8-10-17(23-2)11-9-16/h4-13H,3H2,1-2H3,(H,21,22)/b20-12+. The average molecular weight is 337 g/mol. The molecule has 4 nitrogen and oxygen atoms in total. The Kier molecular flexibility index (Phi) is 5.23. The highest BCUT2D eigenvalue weighted by Gasteiger charge is 2.04. The van der Waals surface area contributed by atoms with E-state index in [0.29, 0.717) is 0 Å². The van der Waals surface area contributed by atoms with Gasteiger partial charge in [0, 0.05) is 10.9 Å². The number of hydrazone groups is 1. The number of hydrogen-bond donors (Lipinski definition) is 1. The smallest absolute Gasteiger partial charge is 0.203 e. The molecule has 3 rings (SSSR count). The van der Waals surface area contributed by atoms with Crippen molar-refractivity contribution in [1.29, 1.82) is 0 Å². The van der Waals surface area contributed by atoms with Crippen LogP contribution in [0.4, 0.5) is 5.13 Å². The maximum atomic E-state index is 5.17. The number of nitrogens with one attached hydrogen (secondary N) is 1. The van der Waals surface area contributed by atoms with E-state index in [2.05, 4.69) is 46.7 Å². The molecule has 0 aliphatic rings. The maximum absolute atomic E-state index is 5.17. The average Bonchev–Trinajstić information content (AvgIpc) is 3.11. The zero-order valence-corrected chi connectivity index (χ0v) is 14.5. The monoisotopic (exact) mass is 337 g/mol. The van der Waals surface area contributed by atoms with Crippen LogP contribution in [0, 0.1) is 0 Å². The molecule has 0 aliphatic heterocycles. The minimum atomic E-state index is 0.766. The van der Waals surface area contributed by atoms with Crippen LogP contribution in [-0.2, 0) is 6.42 Å². The summed E-state index contributed by atoms with van der Waals surface area (Å²) in [6, 6.07) is 16.2. The fourth-order valence-corrected chi connectivity index (χ4v) is 2.89. The summed E-state index contributed by atoms with van der Waals surface area (Å²) in [6.45, 7) is 2.15. The molecule has 0 aliphatic carbocycles. The summed E-state index contributed by atoms with van der Waals surface area (Å²) in [7, 11) is 1.66. The topological polar surface area (TPSA) is 46.5 Å². The lowest BCUT2D eigenvalue weighted by atomic mass is 10.1. The van der Waals surface area contributed by atoms with Crippen molar-refractivity contribution in [2.75, 3.05) is 12.5 Å². The lowest BCUT2D eigenvalue weighted by molar-refractivity contribution is 0.415. The van der Waals surface area contributed by atoms with Gasteiger partial charge in [0.2, 0.25) is 5.13 Å². The number of aromatic nitrogens is 1. The van der Waals surface area contributed by atoms with E-state index in [1.807, 2.05) is 29.6 Å². The Bertz CT molecular complexity index is 807. The van der Waals surface area contributed by atoms with Gasteiger partial charge >= 0.3 is 0 Å². The third-order valence-corrected chi connectivity index (χ3v) is 4.40. The number of benzene rings is 2. The van der Waals surface area contributed by atoms with Crippen LogP contribution in [0.3, 0.4) is 0 Å². The fourth-order valence-electron chi connectivity index (χ4n) is 2.22. The van der Waals surface area contributed by atoms with Gasteiger partial charge in [0.25, 0.3) is 0 Å². The number of methoxy groups -OCH3 is 1. The van der Waals surface area contributed by atoms with Gasteiger partial charge in [-0.3, -0.25) is 5.43 Å². The fraction of sp³-hybridized carbons (Fsp3) is 0.158. The first-order valence-electron chi connectivity index (χ1n) is 7.76. The van der Waals surface area contributed by atoms with E-state index >= 15 is 0 Å². The summed E-state index contributed by atoms with van der Waals surface area (Å²) in [6.07, 6.45) is 2.84. The number of nitrogens with zero attached hydrogens (tertiary/aromatic N) is 2. The number of rotatable bonds is 6. The molecular formula is C19H19N3OS. The zero-order chi connectivity index (χ0) is 16.8. The van der Waals surface area contributed by atoms with Crippen LogP contribution in [-0.4, -0.2) is 18.3 Å². The molecule has 0 fully saturated rings. The van der Waals surface area contributed by atoms with Gasteiger partial charge < -0.3 is 4.74 Å². The summed E-state index contributed by atoms with van der Waals surface area (Å²) < 4.78 is 5.17. The number of hydrogen-bond acceptors (Lipinski definition) is 5. The molecule has 0 unspecified atom stereocenters. The SMILES string of the molecule is CCc1ccc(/C=N/Nc2nc(-c3ccc(OC)cc3)cs2)cc1. The Morgan fingerprint density at radius 2 is 1.88 bits per heavy atom. The van der Waals surface area contributed by atoms with E-state index in [1.165, 1.54) is 16.9 Å². The largest absolute Gasteiger partial charge is 0.497 e. The number of anilines is 1. The minimum absolute atomic E-state index is 0.766. The van der Waals surface area contributed by atoms with Crippen molar-refractivity contribution in [2.45, 2.75) is 13.3 Å². The lowest BCUT2D eigenvalue weighted by Crippen LogP contribution is -1.90. The van der Waals surface area contributed by atoms with Gasteiger partial charge in [-0.25, -0.2) is 4.98 Å². The van der Waals surface area contributed by atoms with Crippen molar-refractivity contribution < 1.29 is 4.74 Å². The third kappa shape index (κ3) is 4.00. The molecule has 0 saturated carbocycles. The molecule has 24 heavy (non-hydrogen) atoms. The molecule has 2 aromatic carbocycles. The summed E-state index contributed by atoms with van der Waals surface area (Å²) >= 11 is 1.53. The summed E-state index contributed by atoms with van der Waals surface area (Å²) in [4.78, 5) is 4.55. The Hall–Kier alpha value is -2.66. The van der Waals surface area contributed by atoms with Gasteiger partial charge in [0.1, 0.15) is 5.75 Å². The second-order valence-corrected chi connectivity index (χ2v) is 6.09. The van der Waals surface area contributed by atoms with Gasteiger partial charge in [-0.1, -0.05) is 31.2 Å². The third-order valence-electron chi connectivity index (χ3n) is 3.65. The highest BCUT2D eigenvalue weighted by molar-refractivity contribution is 7.14. The highest BCUT2D eigenvalue weighted by atomic mass is 32.1. The van der Waals surface area contributed by atoms with Gasteiger partial charge in [0.05, 0.1) is 19.0 Å². The zero-order valence-electron chi connectivity index (χ0n) is 13.7. The van der Waals surface area contributed by atoms with E-state index in [-0.39, 0.29) is 0 Å². The summed E-state index contributed by atoms with van der Waals surface area (Å²) in [5.41, 5.74) is 7.35. The van der Waals surface area contributed by atoms with Crippen LogP contribution in [0.2, 0.25) is 0 Å². The first-order valence-corrected chi connectivity index (χ1v) is 8.64. The Balaban J connectivity index is 1.63. The van der Waals surface area contributed by atoms with Crippen LogP contribution < -0.4 is 10.2 Å². The van der Waals surface area contributed by atoms with Gasteiger partial charge in [0.15, 0.2) is 0 Å². The molecule has 1 N–H and O–H groups in total. The van der Waals surface area contributed by atoms with Crippen LogP contribution in [0.25, 0.3) is 11.3 Å². The molecule has 0 atom stereocenters. The molecule has 1 aromatic heterocycles. The molecule has 5 heteroatoms.